The second kappa shape index (κ2) is 3.67. The highest BCUT2D eigenvalue weighted by atomic mass is 16.1. The molecule has 1 nitrogen and oxygen atoms in total. The Labute approximate surface area is 87.3 Å². The summed E-state index contributed by atoms with van der Waals surface area (Å²) in [6.45, 7) is 6.79. The molecule has 6 atom stereocenters. The standard InChI is InChI=1S/C13H22O/c1-4-10-6-11-9(3)13(10)12(11)5-8(2)7-14/h7-13H,4-6H2,1-3H3/t8?,9-,10?,11?,12?,13?/m0/s1. The van der Waals surface area contributed by atoms with Crippen LogP contribution in [0.2, 0.25) is 0 Å². The zero-order valence-electron chi connectivity index (χ0n) is 9.57. The summed E-state index contributed by atoms with van der Waals surface area (Å²) < 4.78 is 0. The van der Waals surface area contributed by atoms with E-state index in [0.29, 0.717) is 0 Å². The van der Waals surface area contributed by atoms with Gasteiger partial charge >= 0.3 is 0 Å². The summed E-state index contributed by atoms with van der Waals surface area (Å²) >= 11 is 0. The second-order valence-corrected chi connectivity index (χ2v) is 5.52. The lowest BCUT2D eigenvalue weighted by molar-refractivity contribution is -0.112. The molecule has 0 aromatic rings. The number of fused-ring (bicyclic) bond motifs is 1. The fourth-order valence-corrected chi connectivity index (χ4v) is 4.14. The van der Waals surface area contributed by atoms with Crippen LogP contribution in [-0.4, -0.2) is 6.29 Å². The molecule has 0 aromatic heterocycles. The van der Waals surface area contributed by atoms with E-state index in [1.54, 1.807) is 0 Å². The van der Waals surface area contributed by atoms with Gasteiger partial charge in [-0.25, -0.2) is 0 Å². The Balaban J connectivity index is 1.95. The molecule has 3 fully saturated rings. The van der Waals surface area contributed by atoms with E-state index in [1.165, 1.54) is 12.8 Å². The highest BCUT2D eigenvalue weighted by Gasteiger charge is 2.56. The molecule has 0 aromatic carbocycles. The van der Waals surface area contributed by atoms with Crippen molar-refractivity contribution in [2.24, 2.45) is 35.5 Å². The average Bonchev–Trinajstić information content (AvgIpc) is 2.73. The smallest absolute Gasteiger partial charge is 0.122 e. The van der Waals surface area contributed by atoms with E-state index >= 15 is 0 Å². The first-order chi connectivity index (χ1) is 6.69. The molecule has 14 heavy (non-hydrogen) atoms. The predicted octanol–water partition coefficient (Wildman–Crippen LogP) is 3.14. The molecule has 1 heteroatoms. The molecule has 80 valence electrons. The topological polar surface area (TPSA) is 17.1 Å². The van der Waals surface area contributed by atoms with Crippen LogP contribution in [0.25, 0.3) is 0 Å². The van der Waals surface area contributed by atoms with Gasteiger partial charge in [-0.1, -0.05) is 27.2 Å². The summed E-state index contributed by atoms with van der Waals surface area (Å²) in [5.74, 6) is 4.99. The lowest BCUT2D eigenvalue weighted by Crippen LogP contribution is -2.39. The van der Waals surface area contributed by atoms with Gasteiger partial charge in [0.2, 0.25) is 0 Å². The Kier molecular flexibility index (Phi) is 2.68. The van der Waals surface area contributed by atoms with Crippen LogP contribution in [0.5, 0.6) is 0 Å². The monoisotopic (exact) mass is 194 g/mol. The summed E-state index contributed by atoms with van der Waals surface area (Å²) in [6, 6.07) is 0. The van der Waals surface area contributed by atoms with E-state index < -0.39 is 0 Å². The molecule has 3 saturated carbocycles. The highest BCUT2D eigenvalue weighted by Crippen LogP contribution is 2.63. The third-order valence-corrected chi connectivity index (χ3v) is 4.85. The van der Waals surface area contributed by atoms with Crippen LogP contribution in [0.15, 0.2) is 0 Å². The zero-order valence-corrected chi connectivity index (χ0v) is 9.57. The van der Waals surface area contributed by atoms with Crippen LogP contribution in [0.3, 0.4) is 0 Å². The number of rotatable bonds is 4. The number of carbonyl (C=O) groups is 1. The molecule has 0 saturated heterocycles. The van der Waals surface area contributed by atoms with Gasteiger partial charge in [-0.2, -0.15) is 0 Å². The SMILES string of the molecule is CCC1CC2C(CC(C)C=O)C1[C@H]2C. The molecular formula is C13H22O. The molecular weight excluding hydrogens is 172 g/mol. The van der Waals surface area contributed by atoms with Gasteiger partial charge in [-0.3, -0.25) is 0 Å². The van der Waals surface area contributed by atoms with Crippen LogP contribution in [-0.2, 0) is 4.79 Å². The van der Waals surface area contributed by atoms with E-state index in [4.69, 9.17) is 0 Å². The minimum atomic E-state index is 0.285. The van der Waals surface area contributed by atoms with Gasteiger partial charge in [0.15, 0.2) is 0 Å². The van der Waals surface area contributed by atoms with Gasteiger partial charge in [0.25, 0.3) is 0 Å². The van der Waals surface area contributed by atoms with Crippen molar-refractivity contribution in [2.75, 3.05) is 0 Å². The number of hydrogen-bond donors (Lipinski definition) is 0. The minimum Gasteiger partial charge on any atom is -0.303 e. The molecule has 0 aliphatic heterocycles. The van der Waals surface area contributed by atoms with E-state index in [1.807, 2.05) is 0 Å². The van der Waals surface area contributed by atoms with Crippen LogP contribution in [0.1, 0.15) is 40.0 Å². The van der Waals surface area contributed by atoms with Gasteiger partial charge in [0.05, 0.1) is 0 Å². The third-order valence-electron chi connectivity index (χ3n) is 4.85. The maximum atomic E-state index is 10.6. The van der Waals surface area contributed by atoms with E-state index in [2.05, 4.69) is 20.8 Å². The number of hydrogen-bond acceptors (Lipinski definition) is 1. The molecule has 0 N–H and O–H groups in total. The summed E-state index contributed by atoms with van der Waals surface area (Å²) in [4.78, 5) is 10.6. The zero-order chi connectivity index (χ0) is 10.3. The molecule has 0 radical (unpaired) electrons. The first-order valence-electron chi connectivity index (χ1n) is 6.14. The van der Waals surface area contributed by atoms with Crippen LogP contribution >= 0.6 is 0 Å². The van der Waals surface area contributed by atoms with Crippen molar-refractivity contribution in [2.45, 2.75) is 40.0 Å². The van der Waals surface area contributed by atoms with Crippen molar-refractivity contribution in [1.82, 2.24) is 0 Å². The van der Waals surface area contributed by atoms with E-state index in [9.17, 15) is 4.79 Å². The third kappa shape index (κ3) is 1.32. The molecule has 0 heterocycles. The molecule has 5 unspecified atom stereocenters. The second-order valence-electron chi connectivity index (χ2n) is 5.52. The van der Waals surface area contributed by atoms with Crippen LogP contribution in [0, 0.1) is 35.5 Å². The summed E-state index contributed by atoms with van der Waals surface area (Å²) in [5, 5.41) is 0. The van der Waals surface area contributed by atoms with Crippen molar-refractivity contribution in [3.05, 3.63) is 0 Å². The van der Waals surface area contributed by atoms with Gasteiger partial charge in [0.1, 0.15) is 6.29 Å². The van der Waals surface area contributed by atoms with Crippen LogP contribution in [0.4, 0.5) is 0 Å². The van der Waals surface area contributed by atoms with Gasteiger partial charge < -0.3 is 4.79 Å². The maximum absolute atomic E-state index is 10.6. The molecule has 3 aliphatic carbocycles. The fraction of sp³-hybridized carbons (Fsp3) is 0.923. The number of carbonyl (C=O) groups excluding carboxylic acids is 1. The number of aldehydes is 1. The minimum absolute atomic E-state index is 0.285. The van der Waals surface area contributed by atoms with E-state index in [-0.39, 0.29) is 5.92 Å². The predicted molar refractivity (Wildman–Crippen MR) is 57.9 cm³/mol. The summed E-state index contributed by atoms with van der Waals surface area (Å²) in [5.41, 5.74) is 0. The lowest BCUT2D eigenvalue weighted by Gasteiger charge is -2.44. The van der Waals surface area contributed by atoms with Gasteiger partial charge in [-0.15, -0.1) is 0 Å². The average molecular weight is 194 g/mol. The Bertz CT molecular complexity index is 223. The van der Waals surface area contributed by atoms with Gasteiger partial charge in [-0.05, 0) is 42.4 Å². The maximum Gasteiger partial charge on any atom is 0.122 e. The largest absolute Gasteiger partial charge is 0.303 e. The lowest BCUT2D eigenvalue weighted by atomic mass is 9.60. The van der Waals surface area contributed by atoms with Crippen molar-refractivity contribution < 1.29 is 4.79 Å². The molecule has 3 rings (SSSR count). The molecule has 0 amide bonds. The Hall–Kier alpha value is -0.330. The Morgan fingerprint density at radius 3 is 2.71 bits per heavy atom. The summed E-state index contributed by atoms with van der Waals surface area (Å²) in [7, 11) is 0. The molecule has 0 spiro atoms. The quantitative estimate of drug-likeness (QED) is 0.628. The first-order valence-corrected chi connectivity index (χ1v) is 6.14. The van der Waals surface area contributed by atoms with Crippen molar-refractivity contribution in [3.63, 3.8) is 0 Å². The fourth-order valence-electron chi connectivity index (χ4n) is 4.14. The normalized spacial score (nSPS) is 47.2. The van der Waals surface area contributed by atoms with Crippen molar-refractivity contribution in [1.29, 1.82) is 0 Å². The molecule has 3 aliphatic rings. The molecule has 2 bridgehead atoms. The van der Waals surface area contributed by atoms with Crippen molar-refractivity contribution in [3.8, 4) is 0 Å². The summed E-state index contributed by atoms with van der Waals surface area (Å²) in [6.07, 6.45) is 5.07. The van der Waals surface area contributed by atoms with Crippen LogP contribution < -0.4 is 0 Å². The van der Waals surface area contributed by atoms with Gasteiger partial charge in [0, 0.05) is 5.92 Å². The van der Waals surface area contributed by atoms with Crippen molar-refractivity contribution >= 4 is 6.29 Å². The highest BCUT2D eigenvalue weighted by molar-refractivity contribution is 5.52. The Morgan fingerprint density at radius 1 is 1.50 bits per heavy atom. The first kappa shape index (κ1) is 10.2. The van der Waals surface area contributed by atoms with E-state index in [0.717, 1.165) is 42.3 Å². The Morgan fingerprint density at radius 2 is 2.21 bits per heavy atom.